The van der Waals surface area contributed by atoms with Crippen LogP contribution in [0.4, 0.5) is 0 Å². The third kappa shape index (κ3) is 3.54. The summed E-state index contributed by atoms with van der Waals surface area (Å²) < 4.78 is 6.72. The maximum Gasteiger partial charge on any atom is 0.143 e. The minimum Gasteiger partial charge on any atom is -0.455 e. The lowest BCUT2D eigenvalue weighted by Gasteiger charge is -2.61. The van der Waals surface area contributed by atoms with Crippen LogP contribution < -0.4 is 0 Å². The van der Waals surface area contributed by atoms with Crippen molar-refractivity contribution in [2.75, 3.05) is 0 Å². The third-order valence-corrected chi connectivity index (χ3v) is 12.5. The van der Waals surface area contributed by atoms with E-state index >= 15 is 0 Å². The topological polar surface area (TPSA) is 26.0 Å². The first-order chi connectivity index (χ1) is 23.3. The molecule has 2 aromatic heterocycles. The van der Waals surface area contributed by atoms with Crippen molar-refractivity contribution in [3.05, 3.63) is 139 Å². The second-order valence-electron chi connectivity index (χ2n) is 14.7. The molecular weight excluding hydrogens is 571 g/mol. The number of hydrogen-bond acceptors (Lipinski definition) is 2. The number of para-hydroxylation sites is 2. The predicted molar refractivity (Wildman–Crippen MR) is 191 cm³/mol. The van der Waals surface area contributed by atoms with Crippen molar-refractivity contribution in [2.45, 2.75) is 37.5 Å². The lowest BCUT2D eigenvalue weighted by Crippen LogP contribution is -2.55. The van der Waals surface area contributed by atoms with Crippen LogP contribution in [0.15, 0.2) is 132 Å². The molecule has 4 bridgehead atoms. The Bertz CT molecular complexity index is 2330. The van der Waals surface area contributed by atoms with Gasteiger partial charge in [0.15, 0.2) is 0 Å². The number of furan rings is 1. The highest BCUT2D eigenvalue weighted by Crippen LogP contribution is 2.70. The van der Waals surface area contributed by atoms with Crippen molar-refractivity contribution in [2.24, 2.45) is 23.7 Å². The van der Waals surface area contributed by atoms with Crippen molar-refractivity contribution in [1.82, 2.24) is 4.98 Å². The molecule has 2 nitrogen and oxygen atoms in total. The first kappa shape index (κ1) is 26.2. The van der Waals surface area contributed by atoms with Crippen molar-refractivity contribution >= 4 is 21.9 Å². The predicted octanol–water partition coefficient (Wildman–Crippen LogP) is 11.7. The summed E-state index contributed by atoms with van der Waals surface area (Å²) in [5.41, 5.74) is 15.2. The average molecular weight is 606 g/mol. The van der Waals surface area contributed by atoms with Gasteiger partial charge in [0, 0.05) is 33.5 Å². The summed E-state index contributed by atoms with van der Waals surface area (Å²) in [5, 5.41) is 2.37. The Morgan fingerprint density at radius 1 is 0.532 bits per heavy atom. The summed E-state index contributed by atoms with van der Waals surface area (Å²) in [7, 11) is 0. The molecule has 12 rings (SSSR count). The van der Waals surface area contributed by atoms with Crippen LogP contribution >= 0.6 is 0 Å². The van der Waals surface area contributed by atoms with E-state index in [9.17, 15) is 0 Å². The average Bonchev–Trinajstić information content (AvgIpc) is 3.65. The maximum atomic E-state index is 6.72. The van der Waals surface area contributed by atoms with Gasteiger partial charge in [-0.1, -0.05) is 91.0 Å². The summed E-state index contributed by atoms with van der Waals surface area (Å²) in [6.45, 7) is 0. The fourth-order valence-electron chi connectivity index (χ4n) is 11.0. The van der Waals surface area contributed by atoms with Gasteiger partial charge in [0.25, 0.3) is 0 Å². The van der Waals surface area contributed by atoms with Crippen molar-refractivity contribution in [1.29, 1.82) is 0 Å². The highest BCUT2D eigenvalue weighted by Gasteiger charge is 2.61. The van der Waals surface area contributed by atoms with Gasteiger partial charge in [-0.3, -0.25) is 4.98 Å². The fourth-order valence-corrected chi connectivity index (χ4v) is 11.0. The van der Waals surface area contributed by atoms with E-state index in [2.05, 4.69) is 120 Å². The van der Waals surface area contributed by atoms with Crippen molar-refractivity contribution < 1.29 is 4.42 Å². The molecule has 2 heteroatoms. The number of nitrogens with zero attached hydrogens (tertiary/aromatic N) is 1. The Morgan fingerprint density at radius 2 is 1.23 bits per heavy atom. The van der Waals surface area contributed by atoms with Gasteiger partial charge in [-0.25, -0.2) is 0 Å². The van der Waals surface area contributed by atoms with Crippen LogP contribution in [0.5, 0.6) is 0 Å². The molecule has 226 valence electrons. The molecule has 7 aromatic rings. The number of rotatable bonds is 3. The smallest absolute Gasteiger partial charge is 0.143 e. The lowest BCUT2D eigenvalue weighted by molar-refractivity contribution is -0.0399. The molecule has 5 aliphatic rings. The lowest BCUT2D eigenvalue weighted by atomic mass is 9.43. The summed E-state index contributed by atoms with van der Waals surface area (Å²) >= 11 is 0. The second kappa shape index (κ2) is 9.55. The molecule has 5 aliphatic carbocycles. The molecular formula is C45H35NO. The molecule has 4 fully saturated rings. The Labute approximate surface area is 275 Å². The zero-order valence-electron chi connectivity index (χ0n) is 26.3. The van der Waals surface area contributed by atoms with Crippen LogP contribution in [0.1, 0.15) is 43.2 Å². The molecule has 4 saturated carbocycles. The van der Waals surface area contributed by atoms with E-state index < -0.39 is 0 Å². The van der Waals surface area contributed by atoms with E-state index in [4.69, 9.17) is 4.42 Å². The number of hydrogen-bond donors (Lipinski definition) is 0. The van der Waals surface area contributed by atoms with Crippen LogP contribution in [0.2, 0.25) is 0 Å². The molecule has 0 N–H and O–H groups in total. The molecule has 0 aliphatic heterocycles. The Kier molecular flexibility index (Phi) is 5.31. The molecule has 1 spiro atoms. The van der Waals surface area contributed by atoms with Crippen molar-refractivity contribution in [3.8, 4) is 44.6 Å². The van der Waals surface area contributed by atoms with Gasteiger partial charge < -0.3 is 4.42 Å². The zero-order valence-corrected chi connectivity index (χ0v) is 26.3. The minimum absolute atomic E-state index is 0.0831. The van der Waals surface area contributed by atoms with Crippen LogP contribution in [0.25, 0.3) is 66.6 Å². The molecule has 5 aromatic carbocycles. The molecule has 0 unspecified atom stereocenters. The van der Waals surface area contributed by atoms with E-state index in [0.717, 1.165) is 34.3 Å². The molecule has 47 heavy (non-hydrogen) atoms. The highest BCUT2D eigenvalue weighted by molar-refractivity contribution is 6.11. The highest BCUT2D eigenvalue weighted by atomic mass is 16.3. The standard InChI is InChI=1S/C45H35NO/c1-3-12-39-37(9-1)43-38(36-11-7-10-35-34-8-2-4-14-42(34)47-44(35)36)25-31(29-15-17-30(18-16-29)41-13-5-6-19-46-41)26-40(43)45(39)32-21-27-20-28(23-32)24-33(45)22-27/h1-19,25-28,32-33H,20-24H2. The van der Waals surface area contributed by atoms with Gasteiger partial charge in [0.1, 0.15) is 11.2 Å². The van der Waals surface area contributed by atoms with E-state index in [0.29, 0.717) is 11.8 Å². The SMILES string of the molecule is c1ccc(-c2ccc(-c3cc(-c4cccc5c4oc4ccccc45)c4c(c3)C3(c5ccccc5-4)C4CC5CC(C4)CC3C5)cc2)nc1. The van der Waals surface area contributed by atoms with Crippen LogP contribution in [-0.4, -0.2) is 4.98 Å². The zero-order chi connectivity index (χ0) is 30.7. The number of benzene rings is 5. The summed E-state index contributed by atoms with van der Waals surface area (Å²) in [6.07, 6.45) is 8.82. The molecule has 0 atom stereocenters. The van der Waals surface area contributed by atoms with Crippen LogP contribution in [0, 0.1) is 23.7 Å². The summed E-state index contributed by atoms with van der Waals surface area (Å²) in [5.74, 6) is 3.23. The third-order valence-electron chi connectivity index (χ3n) is 12.5. The molecule has 0 saturated heterocycles. The largest absolute Gasteiger partial charge is 0.455 e. The fraction of sp³-hybridized carbons (Fsp3) is 0.222. The second-order valence-corrected chi connectivity index (χ2v) is 14.7. The molecule has 2 heterocycles. The van der Waals surface area contributed by atoms with E-state index in [1.54, 1.807) is 11.1 Å². The summed E-state index contributed by atoms with van der Waals surface area (Å²) in [6, 6.07) is 44.9. The van der Waals surface area contributed by atoms with E-state index in [1.807, 2.05) is 12.3 Å². The maximum absolute atomic E-state index is 6.72. The van der Waals surface area contributed by atoms with E-state index in [1.165, 1.54) is 76.3 Å². The number of aromatic nitrogens is 1. The first-order valence-electron chi connectivity index (χ1n) is 17.5. The molecule has 0 radical (unpaired) electrons. The minimum atomic E-state index is 0.0831. The van der Waals surface area contributed by atoms with Crippen LogP contribution in [0.3, 0.4) is 0 Å². The van der Waals surface area contributed by atoms with Crippen LogP contribution in [-0.2, 0) is 5.41 Å². The Morgan fingerprint density at radius 3 is 2.04 bits per heavy atom. The van der Waals surface area contributed by atoms with Gasteiger partial charge in [0.05, 0.1) is 5.69 Å². The van der Waals surface area contributed by atoms with Gasteiger partial charge in [-0.05, 0) is 125 Å². The Balaban J connectivity index is 1.20. The quantitative estimate of drug-likeness (QED) is 0.200. The van der Waals surface area contributed by atoms with Gasteiger partial charge in [0.2, 0.25) is 0 Å². The monoisotopic (exact) mass is 605 g/mol. The number of fused-ring (bicyclic) bond motifs is 6. The van der Waals surface area contributed by atoms with Gasteiger partial charge in [-0.15, -0.1) is 0 Å². The Hall–Kier alpha value is -4.95. The normalized spacial score (nSPS) is 25.1. The van der Waals surface area contributed by atoms with Gasteiger partial charge >= 0.3 is 0 Å². The summed E-state index contributed by atoms with van der Waals surface area (Å²) in [4.78, 5) is 4.61. The van der Waals surface area contributed by atoms with Gasteiger partial charge in [-0.2, -0.15) is 0 Å². The van der Waals surface area contributed by atoms with Crippen molar-refractivity contribution in [3.63, 3.8) is 0 Å². The molecule has 0 amide bonds. The first-order valence-corrected chi connectivity index (χ1v) is 17.5. The van der Waals surface area contributed by atoms with E-state index in [-0.39, 0.29) is 5.41 Å². The number of pyridine rings is 1.